The molecule has 0 unspecified atom stereocenters. The Balaban J connectivity index is 1.99. The monoisotopic (exact) mass is 417 g/mol. The molecule has 1 aromatic carbocycles. The van der Waals surface area contributed by atoms with Gasteiger partial charge in [0.1, 0.15) is 5.75 Å². The van der Waals surface area contributed by atoms with Gasteiger partial charge in [0.2, 0.25) is 17.7 Å². The highest BCUT2D eigenvalue weighted by Gasteiger charge is 2.29. The number of rotatable bonds is 7. The molecule has 2 atom stereocenters. The van der Waals surface area contributed by atoms with E-state index in [2.05, 4.69) is 5.32 Å². The zero-order valence-corrected chi connectivity index (χ0v) is 18.6. The van der Waals surface area contributed by atoms with E-state index in [4.69, 9.17) is 4.74 Å². The van der Waals surface area contributed by atoms with Crippen LogP contribution in [0.15, 0.2) is 24.3 Å². The second-order valence-corrected chi connectivity index (χ2v) is 7.91. The molecular weight excluding hydrogens is 382 g/mol. The summed E-state index contributed by atoms with van der Waals surface area (Å²) in [7, 11) is 3.34. The molecule has 1 N–H and O–H groups in total. The Bertz CT molecular complexity index is 733. The lowest BCUT2D eigenvalue weighted by Crippen LogP contribution is -2.45. The molecule has 2 rings (SSSR count). The minimum absolute atomic E-state index is 0.0468. The van der Waals surface area contributed by atoms with E-state index in [1.807, 2.05) is 38.1 Å². The molecule has 3 amide bonds. The Kier molecular flexibility index (Phi) is 9.15. The first kappa shape index (κ1) is 23.7. The summed E-state index contributed by atoms with van der Waals surface area (Å²) in [5, 5.41) is 3.07. The zero-order chi connectivity index (χ0) is 22.1. The Labute approximate surface area is 179 Å². The van der Waals surface area contributed by atoms with E-state index in [0.717, 1.165) is 24.2 Å². The van der Waals surface area contributed by atoms with Crippen molar-refractivity contribution >= 4 is 17.7 Å². The van der Waals surface area contributed by atoms with Gasteiger partial charge in [-0.05, 0) is 44.4 Å². The summed E-state index contributed by atoms with van der Waals surface area (Å²) >= 11 is 0. The topological polar surface area (TPSA) is 79.0 Å². The molecule has 7 nitrogen and oxygen atoms in total. The molecule has 0 spiro atoms. The number of nitrogens with zero attached hydrogens (tertiary/aromatic N) is 2. The molecule has 166 valence electrons. The number of hydrogen-bond acceptors (Lipinski definition) is 4. The van der Waals surface area contributed by atoms with E-state index in [1.54, 1.807) is 24.0 Å². The molecular formula is C23H35N3O4. The van der Waals surface area contributed by atoms with Crippen molar-refractivity contribution < 1.29 is 19.1 Å². The fourth-order valence-electron chi connectivity index (χ4n) is 3.97. The number of methoxy groups -OCH3 is 1. The van der Waals surface area contributed by atoms with Gasteiger partial charge in [0.15, 0.2) is 0 Å². The van der Waals surface area contributed by atoms with Crippen LogP contribution in [0.4, 0.5) is 0 Å². The number of carbonyl (C=O) groups excluding carboxylic acids is 3. The maximum Gasteiger partial charge on any atom is 0.226 e. The van der Waals surface area contributed by atoms with Crippen LogP contribution in [-0.4, -0.2) is 67.4 Å². The van der Waals surface area contributed by atoms with Crippen LogP contribution in [0.2, 0.25) is 0 Å². The van der Waals surface area contributed by atoms with Crippen molar-refractivity contribution in [3.05, 3.63) is 29.8 Å². The fraction of sp³-hybridized carbons (Fsp3) is 0.609. The maximum atomic E-state index is 12.8. The molecule has 7 heteroatoms. The van der Waals surface area contributed by atoms with Crippen molar-refractivity contribution in [2.75, 3.05) is 33.8 Å². The largest absolute Gasteiger partial charge is 0.497 e. The lowest BCUT2D eigenvalue weighted by molar-refractivity contribution is -0.140. The van der Waals surface area contributed by atoms with Gasteiger partial charge >= 0.3 is 0 Å². The highest BCUT2D eigenvalue weighted by atomic mass is 16.5. The van der Waals surface area contributed by atoms with Crippen LogP contribution in [0.1, 0.15) is 45.1 Å². The van der Waals surface area contributed by atoms with Crippen LogP contribution in [-0.2, 0) is 20.8 Å². The lowest BCUT2D eigenvalue weighted by Gasteiger charge is -2.26. The first-order valence-electron chi connectivity index (χ1n) is 10.8. The van der Waals surface area contributed by atoms with Gasteiger partial charge < -0.3 is 19.9 Å². The zero-order valence-electron chi connectivity index (χ0n) is 18.6. The molecule has 1 saturated heterocycles. The molecule has 0 radical (unpaired) electrons. The van der Waals surface area contributed by atoms with Gasteiger partial charge in [0.25, 0.3) is 0 Å². The molecule has 0 aliphatic carbocycles. The normalized spacial score (nSPS) is 20.0. The second kappa shape index (κ2) is 11.6. The van der Waals surface area contributed by atoms with Gasteiger partial charge in [-0.25, -0.2) is 0 Å². The molecule has 0 aromatic heterocycles. The summed E-state index contributed by atoms with van der Waals surface area (Å²) in [6.45, 7) is 5.67. The highest BCUT2D eigenvalue weighted by Crippen LogP contribution is 2.21. The molecule has 0 bridgehead atoms. The van der Waals surface area contributed by atoms with E-state index in [1.165, 1.54) is 0 Å². The van der Waals surface area contributed by atoms with Gasteiger partial charge in [-0.2, -0.15) is 0 Å². The quantitative estimate of drug-likeness (QED) is 0.738. The lowest BCUT2D eigenvalue weighted by atomic mass is 9.95. The average molecular weight is 418 g/mol. The van der Waals surface area contributed by atoms with Crippen molar-refractivity contribution in [3.8, 4) is 5.75 Å². The third-order valence-electron chi connectivity index (χ3n) is 5.73. The smallest absolute Gasteiger partial charge is 0.226 e. The Morgan fingerprint density at radius 2 is 1.97 bits per heavy atom. The van der Waals surface area contributed by atoms with Crippen molar-refractivity contribution in [1.29, 1.82) is 0 Å². The standard InChI is InChI=1S/C23H35N3O4/c1-5-26(6-2)23(29)18-10-8-11-19(16-25(3)22(28)15-18)24-21(27)14-17-9-7-12-20(13-17)30-4/h7,9,12-13,18-19H,5-6,8,10-11,14-16H2,1-4H3,(H,24,27)/t18-,19-/m1/s1. The maximum absolute atomic E-state index is 12.8. The summed E-state index contributed by atoms with van der Waals surface area (Å²) in [6.07, 6.45) is 2.69. The van der Waals surface area contributed by atoms with Crippen LogP contribution in [0.3, 0.4) is 0 Å². The Morgan fingerprint density at radius 3 is 2.63 bits per heavy atom. The van der Waals surface area contributed by atoms with Crippen molar-refractivity contribution in [3.63, 3.8) is 0 Å². The summed E-state index contributed by atoms with van der Waals surface area (Å²) < 4.78 is 5.21. The molecule has 1 fully saturated rings. The van der Waals surface area contributed by atoms with E-state index < -0.39 is 0 Å². The van der Waals surface area contributed by atoms with Crippen LogP contribution in [0.25, 0.3) is 0 Å². The van der Waals surface area contributed by atoms with Gasteiger partial charge in [0, 0.05) is 45.1 Å². The second-order valence-electron chi connectivity index (χ2n) is 7.91. The SMILES string of the molecule is CCN(CC)C(=O)[C@@H]1CCC[C@@H](NC(=O)Cc2cccc(OC)c2)CN(C)C(=O)C1. The van der Waals surface area contributed by atoms with E-state index in [9.17, 15) is 14.4 Å². The van der Waals surface area contributed by atoms with Gasteiger partial charge in [-0.1, -0.05) is 18.6 Å². The molecule has 1 aliphatic heterocycles. The summed E-state index contributed by atoms with van der Waals surface area (Å²) in [5.74, 6) is 0.365. The first-order chi connectivity index (χ1) is 14.4. The molecule has 1 aromatic rings. The Hall–Kier alpha value is -2.57. The van der Waals surface area contributed by atoms with Crippen molar-refractivity contribution in [2.24, 2.45) is 5.92 Å². The predicted molar refractivity (Wildman–Crippen MR) is 116 cm³/mol. The minimum Gasteiger partial charge on any atom is -0.497 e. The molecule has 0 saturated carbocycles. The summed E-state index contributed by atoms with van der Waals surface area (Å²) in [4.78, 5) is 41.4. The third kappa shape index (κ3) is 6.75. The minimum atomic E-state index is -0.286. The third-order valence-corrected chi connectivity index (χ3v) is 5.73. The molecule has 30 heavy (non-hydrogen) atoms. The van der Waals surface area contributed by atoms with E-state index >= 15 is 0 Å². The summed E-state index contributed by atoms with van der Waals surface area (Å²) in [5.41, 5.74) is 0.879. The van der Waals surface area contributed by atoms with Gasteiger partial charge in [0.05, 0.1) is 13.5 Å². The number of ether oxygens (including phenoxy) is 1. The first-order valence-corrected chi connectivity index (χ1v) is 10.8. The van der Waals surface area contributed by atoms with Crippen LogP contribution < -0.4 is 10.1 Å². The van der Waals surface area contributed by atoms with E-state index in [0.29, 0.717) is 26.1 Å². The van der Waals surface area contributed by atoms with E-state index in [-0.39, 0.29) is 42.5 Å². The van der Waals surface area contributed by atoms with Crippen molar-refractivity contribution in [1.82, 2.24) is 15.1 Å². The number of carbonyl (C=O) groups is 3. The van der Waals surface area contributed by atoms with Gasteiger partial charge in [-0.15, -0.1) is 0 Å². The number of likely N-dealkylation sites (N-methyl/N-ethyl adjacent to an activating group) is 1. The fourth-order valence-corrected chi connectivity index (χ4v) is 3.97. The summed E-state index contributed by atoms with van der Waals surface area (Å²) in [6, 6.07) is 7.32. The van der Waals surface area contributed by atoms with Crippen molar-refractivity contribution in [2.45, 2.75) is 52.0 Å². The number of hydrogen-bond donors (Lipinski definition) is 1. The molecule has 1 aliphatic rings. The number of amides is 3. The Morgan fingerprint density at radius 1 is 1.23 bits per heavy atom. The van der Waals surface area contributed by atoms with Gasteiger partial charge in [-0.3, -0.25) is 14.4 Å². The van der Waals surface area contributed by atoms with Crippen LogP contribution in [0, 0.1) is 5.92 Å². The van der Waals surface area contributed by atoms with Crippen LogP contribution >= 0.6 is 0 Å². The average Bonchev–Trinajstić information content (AvgIpc) is 2.79. The van der Waals surface area contributed by atoms with Crippen LogP contribution in [0.5, 0.6) is 5.75 Å². The number of nitrogens with one attached hydrogen (secondary N) is 1. The predicted octanol–water partition coefficient (Wildman–Crippen LogP) is 2.24. The number of benzene rings is 1. The molecule has 1 heterocycles. The highest BCUT2D eigenvalue weighted by molar-refractivity contribution is 5.86.